The second-order valence-corrected chi connectivity index (χ2v) is 5.90. The van der Waals surface area contributed by atoms with E-state index in [1.54, 1.807) is 0 Å². The second-order valence-electron chi connectivity index (χ2n) is 5.90. The molecule has 0 saturated carbocycles. The van der Waals surface area contributed by atoms with E-state index in [0.717, 1.165) is 37.7 Å². The van der Waals surface area contributed by atoms with Gasteiger partial charge >= 0.3 is 5.97 Å². The van der Waals surface area contributed by atoms with Crippen LogP contribution in [0.1, 0.15) is 59.3 Å². The summed E-state index contributed by atoms with van der Waals surface area (Å²) < 4.78 is 4.74. The van der Waals surface area contributed by atoms with E-state index in [1.165, 1.54) is 23.8 Å². The predicted octanol–water partition coefficient (Wildman–Crippen LogP) is 5.28. The van der Waals surface area contributed by atoms with Gasteiger partial charge in [-0.15, -0.1) is 0 Å². The first-order chi connectivity index (χ1) is 10.0. The number of carbonyl (C=O) groups is 1. The Labute approximate surface area is 129 Å². The van der Waals surface area contributed by atoms with E-state index in [1.807, 2.05) is 6.08 Å². The summed E-state index contributed by atoms with van der Waals surface area (Å²) in [6.07, 6.45) is 14.9. The van der Waals surface area contributed by atoms with Crippen molar-refractivity contribution in [3.63, 3.8) is 0 Å². The number of rotatable bonds is 7. The van der Waals surface area contributed by atoms with Crippen LogP contribution in [0.25, 0.3) is 0 Å². The number of carbonyl (C=O) groups excluding carboxylic acids is 1. The van der Waals surface area contributed by atoms with Crippen molar-refractivity contribution in [2.24, 2.45) is 0 Å². The van der Waals surface area contributed by atoms with Crippen LogP contribution in [0.3, 0.4) is 0 Å². The van der Waals surface area contributed by atoms with Crippen molar-refractivity contribution in [2.45, 2.75) is 59.3 Å². The number of hydrogen-bond acceptors (Lipinski definition) is 2. The van der Waals surface area contributed by atoms with Crippen LogP contribution in [0.15, 0.2) is 46.6 Å². The molecule has 1 rings (SSSR count). The minimum atomic E-state index is -0.194. The van der Waals surface area contributed by atoms with Crippen molar-refractivity contribution in [1.29, 1.82) is 0 Å². The van der Waals surface area contributed by atoms with Gasteiger partial charge in [-0.25, -0.2) is 4.79 Å². The van der Waals surface area contributed by atoms with Crippen molar-refractivity contribution in [3.8, 4) is 0 Å². The maximum absolute atomic E-state index is 11.4. The van der Waals surface area contributed by atoms with Crippen LogP contribution in [-0.4, -0.2) is 13.1 Å². The fraction of sp³-hybridized carbons (Fsp3) is 0.526. The molecule has 0 amide bonds. The van der Waals surface area contributed by atoms with Gasteiger partial charge < -0.3 is 4.74 Å². The summed E-state index contributed by atoms with van der Waals surface area (Å²) in [4.78, 5) is 11.4. The van der Waals surface area contributed by atoms with Crippen molar-refractivity contribution < 1.29 is 9.53 Å². The smallest absolute Gasteiger partial charge is 0.333 e. The molecule has 0 heterocycles. The SMILES string of the molecule is COC(=O)C1=CCC(CCC=C(C)CCC=C(C)C)=CC1. The molecule has 0 aromatic rings. The van der Waals surface area contributed by atoms with Crippen LogP contribution in [0.2, 0.25) is 0 Å². The van der Waals surface area contributed by atoms with Gasteiger partial charge in [0, 0.05) is 5.57 Å². The lowest BCUT2D eigenvalue weighted by Crippen LogP contribution is -2.06. The van der Waals surface area contributed by atoms with Crippen LogP contribution < -0.4 is 0 Å². The zero-order chi connectivity index (χ0) is 15.7. The Hall–Kier alpha value is -1.57. The van der Waals surface area contributed by atoms with E-state index in [2.05, 4.69) is 39.0 Å². The molecule has 0 aromatic heterocycles. The molecule has 0 spiro atoms. The van der Waals surface area contributed by atoms with Gasteiger partial charge in [-0.3, -0.25) is 0 Å². The Morgan fingerprint density at radius 3 is 2.48 bits per heavy atom. The van der Waals surface area contributed by atoms with E-state index < -0.39 is 0 Å². The minimum absolute atomic E-state index is 0.194. The third kappa shape index (κ3) is 7.12. The molecule has 21 heavy (non-hydrogen) atoms. The van der Waals surface area contributed by atoms with E-state index in [9.17, 15) is 4.79 Å². The standard InChI is InChI=1S/C19H28O2/c1-15(2)7-5-8-16(3)9-6-10-17-11-13-18(14-12-17)19(20)21-4/h7,9,11,14H,5-6,8,10,12-13H2,1-4H3. The molecule has 0 bridgehead atoms. The molecule has 0 aromatic carbocycles. The average molecular weight is 288 g/mol. The zero-order valence-electron chi connectivity index (χ0n) is 13.9. The highest BCUT2D eigenvalue weighted by atomic mass is 16.5. The molecule has 2 nitrogen and oxygen atoms in total. The first-order valence-electron chi connectivity index (χ1n) is 7.77. The highest BCUT2D eigenvalue weighted by Gasteiger charge is 2.12. The molecule has 0 unspecified atom stereocenters. The molecule has 0 N–H and O–H groups in total. The van der Waals surface area contributed by atoms with E-state index >= 15 is 0 Å². The fourth-order valence-electron chi connectivity index (χ4n) is 2.37. The van der Waals surface area contributed by atoms with Crippen molar-refractivity contribution in [1.82, 2.24) is 0 Å². The lowest BCUT2D eigenvalue weighted by molar-refractivity contribution is -0.136. The zero-order valence-corrected chi connectivity index (χ0v) is 13.9. The van der Waals surface area contributed by atoms with Crippen LogP contribution in [-0.2, 0) is 9.53 Å². The number of ether oxygens (including phenoxy) is 1. The molecule has 0 radical (unpaired) electrons. The maximum atomic E-state index is 11.4. The van der Waals surface area contributed by atoms with Crippen molar-refractivity contribution >= 4 is 5.97 Å². The molecule has 0 aliphatic heterocycles. The highest BCUT2D eigenvalue weighted by Crippen LogP contribution is 2.22. The third-order valence-corrected chi connectivity index (χ3v) is 3.72. The molecule has 0 saturated heterocycles. The first-order valence-corrected chi connectivity index (χ1v) is 7.77. The van der Waals surface area contributed by atoms with Crippen LogP contribution in [0.4, 0.5) is 0 Å². The summed E-state index contributed by atoms with van der Waals surface area (Å²) in [5.41, 5.74) is 5.07. The molecule has 1 aliphatic rings. The molecule has 0 atom stereocenters. The summed E-state index contributed by atoms with van der Waals surface area (Å²) in [6, 6.07) is 0. The normalized spacial score (nSPS) is 15.1. The predicted molar refractivity (Wildman–Crippen MR) is 89.1 cm³/mol. The highest BCUT2D eigenvalue weighted by molar-refractivity contribution is 5.88. The molecule has 116 valence electrons. The summed E-state index contributed by atoms with van der Waals surface area (Å²) >= 11 is 0. The van der Waals surface area contributed by atoms with E-state index in [-0.39, 0.29) is 5.97 Å². The van der Waals surface area contributed by atoms with Gasteiger partial charge in [-0.1, -0.05) is 41.0 Å². The van der Waals surface area contributed by atoms with Gasteiger partial charge in [0.1, 0.15) is 0 Å². The molecular weight excluding hydrogens is 260 g/mol. The number of hydrogen-bond donors (Lipinski definition) is 0. The van der Waals surface area contributed by atoms with E-state index in [4.69, 9.17) is 4.74 Å². The van der Waals surface area contributed by atoms with Crippen LogP contribution >= 0.6 is 0 Å². The summed E-state index contributed by atoms with van der Waals surface area (Å²) in [6.45, 7) is 6.50. The summed E-state index contributed by atoms with van der Waals surface area (Å²) in [7, 11) is 1.44. The van der Waals surface area contributed by atoms with Crippen LogP contribution in [0, 0.1) is 0 Å². The molecular formula is C19H28O2. The molecule has 2 heteroatoms. The lowest BCUT2D eigenvalue weighted by atomic mass is 9.95. The lowest BCUT2D eigenvalue weighted by Gasteiger charge is -2.12. The third-order valence-electron chi connectivity index (χ3n) is 3.72. The first kappa shape index (κ1) is 17.5. The van der Waals surface area contributed by atoms with Gasteiger partial charge in [-0.05, 0) is 59.3 Å². The topological polar surface area (TPSA) is 26.3 Å². The maximum Gasteiger partial charge on any atom is 0.333 e. The number of esters is 1. The fourth-order valence-corrected chi connectivity index (χ4v) is 2.37. The van der Waals surface area contributed by atoms with Crippen LogP contribution in [0.5, 0.6) is 0 Å². The van der Waals surface area contributed by atoms with Gasteiger partial charge in [0.25, 0.3) is 0 Å². The van der Waals surface area contributed by atoms with E-state index in [0.29, 0.717) is 6.42 Å². The Bertz CT molecular complexity index is 472. The van der Waals surface area contributed by atoms with Crippen molar-refractivity contribution in [2.75, 3.05) is 7.11 Å². The average Bonchev–Trinajstić information content (AvgIpc) is 2.46. The Kier molecular flexibility index (Phi) is 7.81. The Balaban J connectivity index is 2.29. The van der Waals surface area contributed by atoms with Gasteiger partial charge in [0.05, 0.1) is 7.11 Å². The minimum Gasteiger partial charge on any atom is -0.466 e. The molecule has 1 aliphatic carbocycles. The largest absolute Gasteiger partial charge is 0.466 e. The Morgan fingerprint density at radius 2 is 1.90 bits per heavy atom. The summed E-state index contributed by atoms with van der Waals surface area (Å²) in [5.74, 6) is -0.194. The number of allylic oxidation sites excluding steroid dienone is 7. The quantitative estimate of drug-likeness (QED) is 0.470. The molecule has 0 fully saturated rings. The monoisotopic (exact) mass is 288 g/mol. The van der Waals surface area contributed by atoms with Gasteiger partial charge in [-0.2, -0.15) is 0 Å². The second kappa shape index (κ2) is 9.38. The van der Waals surface area contributed by atoms with Gasteiger partial charge in [0.2, 0.25) is 0 Å². The van der Waals surface area contributed by atoms with Gasteiger partial charge in [0.15, 0.2) is 0 Å². The van der Waals surface area contributed by atoms with Crippen molar-refractivity contribution in [3.05, 3.63) is 46.6 Å². The summed E-state index contributed by atoms with van der Waals surface area (Å²) in [5, 5.41) is 0. The Morgan fingerprint density at radius 1 is 1.14 bits per heavy atom. The number of methoxy groups -OCH3 is 1.